The van der Waals surface area contributed by atoms with Crippen LogP contribution in [-0.4, -0.2) is 29.7 Å². The fraction of sp³-hybridized carbons (Fsp3) is 0.882. The summed E-state index contributed by atoms with van der Waals surface area (Å²) in [5.41, 5.74) is 0.645. The Kier molecular flexibility index (Phi) is 3.03. The summed E-state index contributed by atoms with van der Waals surface area (Å²) in [6, 6.07) is 0. The molecule has 20 heavy (non-hydrogen) atoms. The van der Waals surface area contributed by atoms with Crippen LogP contribution in [0.15, 0.2) is 12.2 Å². The summed E-state index contributed by atoms with van der Waals surface area (Å²) in [5.74, 6) is 0.421. The van der Waals surface area contributed by atoms with E-state index in [9.17, 15) is 5.11 Å². The number of hydrogen-bond acceptors (Lipinski definition) is 3. The topological polar surface area (TPSA) is 38.7 Å². The zero-order valence-corrected chi connectivity index (χ0v) is 12.3. The fourth-order valence-corrected chi connectivity index (χ4v) is 5.68. The SMILES string of the molecule is C=C1C[C@H]2CCCC3(OCCO3)[C@H]2[C@@]2(O)CCCC[C@H]12. The summed E-state index contributed by atoms with van der Waals surface area (Å²) < 4.78 is 12.2. The van der Waals surface area contributed by atoms with Crippen molar-refractivity contribution in [3.8, 4) is 0 Å². The summed E-state index contributed by atoms with van der Waals surface area (Å²) >= 11 is 0. The molecule has 1 saturated heterocycles. The molecule has 0 bridgehead atoms. The molecule has 112 valence electrons. The van der Waals surface area contributed by atoms with E-state index >= 15 is 0 Å². The first-order valence-electron chi connectivity index (χ1n) is 8.34. The van der Waals surface area contributed by atoms with Gasteiger partial charge in [-0.1, -0.05) is 25.0 Å². The Labute approximate surface area is 121 Å². The average Bonchev–Trinajstić information content (AvgIpc) is 2.87. The number of hydrogen-bond donors (Lipinski definition) is 1. The lowest BCUT2D eigenvalue weighted by molar-refractivity contribution is -0.288. The maximum Gasteiger partial charge on any atom is 0.174 e. The van der Waals surface area contributed by atoms with Crippen molar-refractivity contribution in [3.63, 3.8) is 0 Å². The summed E-state index contributed by atoms with van der Waals surface area (Å²) in [5, 5.41) is 11.6. The van der Waals surface area contributed by atoms with Gasteiger partial charge in [0.05, 0.1) is 18.8 Å². The summed E-state index contributed by atoms with van der Waals surface area (Å²) in [7, 11) is 0. The van der Waals surface area contributed by atoms with E-state index in [4.69, 9.17) is 9.47 Å². The molecule has 0 aromatic heterocycles. The predicted molar refractivity (Wildman–Crippen MR) is 76.1 cm³/mol. The summed E-state index contributed by atoms with van der Waals surface area (Å²) in [4.78, 5) is 0. The van der Waals surface area contributed by atoms with Gasteiger partial charge >= 0.3 is 0 Å². The van der Waals surface area contributed by atoms with Gasteiger partial charge in [-0.05, 0) is 38.0 Å². The molecule has 1 heterocycles. The maximum absolute atomic E-state index is 11.6. The molecule has 0 amide bonds. The predicted octanol–water partition coefficient (Wildman–Crippen LogP) is 3.03. The normalized spacial score (nSPS) is 47.0. The van der Waals surface area contributed by atoms with Crippen LogP contribution >= 0.6 is 0 Å². The lowest BCUT2D eigenvalue weighted by Crippen LogP contribution is -2.64. The van der Waals surface area contributed by atoms with Gasteiger partial charge < -0.3 is 14.6 Å². The number of aliphatic hydroxyl groups is 1. The van der Waals surface area contributed by atoms with Crippen LogP contribution in [0.25, 0.3) is 0 Å². The molecule has 3 heteroatoms. The standard InChI is InChI=1S/C17H26O3/c1-12-11-13-5-4-8-17(19-9-10-20-17)15(13)16(18)7-3-2-6-14(12)16/h13-15,18H,1-11H2/t13-,14-,15-,16-/m1/s1. The molecule has 4 fully saturated rings. The largest absolute Gasteiger partial charge is 0.389 e. The van der Waals surface area contributed by atoms with E-state index in [1.807, 2.05) is 0 Å². The first kappa shape index (κ1) is 13.3. The highest BCUT2D eigenvalue weighted by Crippen LogP contribution is 2.60. The average molecular weight is 278 g/mol. The van der Waals surface area contributed by atoms with E-state index in [1.165, 1.54) is 18.4 Å². The second-order valence-electron chi connectivity index (χ2n) is 7.29. The van der Waals surface area contributed by atoms with E-state index in [1.54, 1.807) is 0 Å². The third kappa shape index (κ3) is 1.69. The Balaban J connectivity index is 1.76. The van der Waals surface area contributed by atoms with Crippen molar-refractivity contribution in [1.29, 1.82) is 0 Å². The van der Waals surface area contributed by atoms with Gasteiger partial charge in [-0.25, -0.2) is 0 Å². The van der Waals surface area contributed by atoms with Crippen molar-refractivity contribution < 1.29 is 14.6 Å². The Morgan fingerprint density at radius 2 is 1.85 bits per heavy atom. The fourth-order valence-electron chi connectivity index (χ4n) is 5.68. The highest BCUT2D eigenvalue weighted by molar-refractivity contribution is 5.21. The number of rotatable bonds is 0. The molecule has 4 aliphatic rings. The molecule has 0 unspecified atom stereocenters. The van der Waals surface area contributed by atoms with Crippen LogP contribution in [0.5, 0.6) is 0 Å². The van der Waals surface area contributed by atoms with Gasteiger partial charge in [-0.3, -0.25) is 0 Å². The quantitative estimate of drug-likeness (QED) is 0.692. The Bertz CT molecular complexity index is 412. The van der Waals surface area contributed by atoms with E-state index in [0.717, 1.165) is 38.5 Å². The molecule has 3 aliphatic carbocycles. The van der Waals surface area contributed by atoms with E-state index in [-0.39, 0.29) is 11.8 Å². The molecule has 4 atom stereocenters. The molecule has 0 aromatic carbocycles. The first-order valence-corrected chi connectivity index (χ1v) is 8.34. The molecule has 0 radical (unpaired) electrons. The van der Waals surface area contributed by atoms with Crippen LogP contribution in [0.3, 0.4) is 0 Å². The Morgan fingerprint density at radius 3 is 2.65 bits per heavy atom. The van der Waals surface area contributed by atoms with Crippen molar-refractivity contribution in [2.75, 3.05) is 13.2 Å². The van der Waals surface area contributed by atoms with Crippen LogP contribution in [0.1, 0.15) is 51.4 Å². The molecule has 4 rings (SSSR count). The molecular weight excluding hydrogens is 252 g/mol. The maximum atomic E-state index is 11.6. The minimum atomic E-state index is -0.636. The number of ether oxygens (including phenoxy) is 2. The Hall–Kier alpha value is -0.380. The second kappa shape index (κ2) is 4.56. The van der Waals surface area contributed by atoms with Gasteiger partial charge in [0, 0.05) is 18.3 Å². The van der Waals surface area contributed by atoms with Crippen LogP contribution in [-0.2, 0) is 9.47 Å². The van der Waals surface area contributed by atoms with Gasteiger partial charge in [-0.2, -0.15) is 0 Å². The molecule has 1 N–H and O–H groups in total. The molecule has 1 spiro atoms. The smallest absolute Gasteiger partial charge is 0.174 e. The molecule has 1 aliphatic heterocycles. The van der Waals surface area contributed by atoms with Gasteiger partial charge in [0.15, 0.2) is 5.79 Å². The van der Waals surface area contributed by atoms with Crippen molar-refractivity contribution in [2.45, 2.75) is 62.8 Å². The molecular formula is C17H26O3. The van der Waals surface area contributed by atoms with Crippen LogP contribution < -0.4 is 0 Å². The third-order valence-electron chi connectivity index (χ3n) is 6.30. The minimum absolute atomic E-state index is 0.155. The zero-order chi connectivity index (χ0) is 13.8. The summed E-state index contributed by atoms with van der Waals surface area (Å²) in [6.45, 7) is 5.68. The van der Waals surface area contributed by atoms with Crippen molar-refractivity contribution in [2.24, 2.45) is 17.8 Å². The highest BCUT2D eigenvalue weighted by atomic mass is 16.7. The minimum Gasteiger partial charge on any atom is -0.389 e. The lowest BCUT2D eigenvalue weighted by atomic mass is 9.52. The molecule has 0 aromatic rings. The van der Waals surface area contributed by atoms with Gasteiger partial charge in [-0.15, -0.1) is 0 Å². The van der Waals surface area contributed by atoms with Crippen molar-refractivity contribution in [3.05, 3.63) is 12.2 Å². The van der Waals surface area contributed by atoms with Crippen LogP contribution in [0.2, 0.25) is 0 Å². The van der Waals surface area contributed by atoms with Gasteiger partial charge in [0.2, 0.25) is 0 Å². The van der Waals surface area contributed by atoms with Crippen molar-refractivity contribution in [1.82, 2.24) is 0 Å². The third-order valence-corrected chi connectivity index (χ3v) is 6.30. The van der Waals surface area contributed by atoms with E-state index in [0.29, 0.717) is 19.1 Å². The van der Waals surface area contributed by atoms with Crippen LogP contribution in [0, 0.1) is 17.8 Å². The summed E-state index contributed by atoms with van der Waals surface area (Å²) in [6.07, 6.45) is 8.68. The van der Waals surface area contributed by atoms with Gasteiger partial charge in [0.25, 0.3) is 0 Å². The van der Waals surface area contributed by atoms with E-state index in [2.05, 4.69) is 6.58 Å². The van der Waals surface area contributed by atoms with Crippen LogP contribution in [0.4, 0.5) is 0 Å². The highest BCUT2D eigenvalue weighted by Gasteiger charge is 2.63. The van der Waals surface area contributed by atoms with Crippen molar-refractivity contribution >= 4 is 0 Å². The molecule has 3 saturated carbocycles. The first-order chi connectivity index (χ1) is 9.66. The lowest BCUT2D eigenvalue weighted by Gasteiger charge is -2.59. The monoisotopic (exact) mass is 278 g/mol. The second-order valence-corrected chi connectivity index (χ2v) is 7.29. The zero-order valence-electron chi connectivity index (χ0n) is 12.3. The molecule has 3 nitrogen and oxygen atoms in total. The number of fused-ring (bicyclic) bond motifs is 4. The Morgan fingerprint density at radius 1 is 1.05 bits per heavy atom. The van der Waals surface area contributed by atoms with Gasteiger partial charge in [0.1, 0.15) is 0 Å². The van der Waals surface area contributed by atoms with E-state index < -0.39 is 11.4 Å².